The monoisotopic (exact) mass is 1220 g/mol. The van der Waals surface area contributed by atoms with Crippen LogP contribution in [-0.2, 0) is 33.2 Å². The Labute approximate surface area is 514 Å². The van der Waals surface area contributed by atoms with Gasteiger partial charge in [-0.3, -0.25) is 4.79 Å². The molecule has 0 spiro atoms. The maximum atomic E-state index is 13.4. The fraction of sp³-hybridized carbons (Fsp3) is 0.776. The van der Waals surface area contributed by atoms with Crippen LogP contribution in [0.3, 0.4) is 0 Å². The minimum atomic E-state index is -1.99. The Kier molecular flexibility index (Phi) is 43.8. The summed E-state index contributed by atoms with van der Waals surface area (Å²) in [6.07, 6.45) is 34.1. The number of carbonyl (C=O) groups is 1. The Morgan fingerprint density at radius 3 is 1.30 bits per heavy atom. The molecule has 0 saturated carbocycles. The quantitative estimate of drug-likeness (QED) is 0.0207. The zero-order chi connectivity index (χ0) is 62.6. The molecule has 17 atom stereocenters. The normalized spacial score (nSPS) is 29.3. The molecule has 3 saturated heterocycles. The van der Waals surface area contributed by atoms with E-state index in [1.807, 2.05) is 6.08 Å². The number of carbonyl (C=O) groups excluding carboxylic acids is 1. The molecule has 0 aromatic rings. The molecule has 496 valence electrons. The van der Waals surface area contributed by atoms with Gasteiger partial charge in [-0.2, -0.15) is 0 Å². The molecule has 12 N–H and O–H groups in total. The van der Waals surface area contributed by atoms with Crippen molar-refractivity contribution in [1.29, 1.82) is 0 Å². The molecule has 0 aromatic heterocycles. The van der Waals surface area contributed by atoms with Gasteiger partial charge < -0.3 is 89.9 Å². The highest BCUT2D eigenvalue weighted by molar-refractivity contribution is 5.76. The number of rotatable bonds is 48. The molecule has 3 aliphatic heterocycles. The Bertz CT molecular complexity index is 1890. The van der Waals surface area contributed by atoms with Gasteiger partial charge in [0.05, 0.1) is 38.6 Å². The average Bonchev–Trinajstić information content (AvgIpc) is 1.83. The number of aliphatic hydroxyl groups is 11. The lowest BCUT2D eigenvalue weighted by Crippen LogP contribution is -2.66. The number of hydrogen-bond acceptors (Lipinski definition) is 18. The molecule has 19 heteroatoms. The first-order chi connectivity index (χ1) is 41.8. The predicted molar refractivity (Wildman–Crippen MR) is 332 cm³/mol. The third kappa shape index (κ3) is 31.1. The molecule has 3 fully saturated rings. The number of allylic oxidation sites excluding steroid dienone is 13. The lowest BCUT2D eigenvalue weighted by atomic mass is 9.96. The number of hydrogen-bond donors (Lipinski definition) is 12. The third-order valence-electron chi connectivity index (χ3n) is 15.9. The molecular formula is C67H115NO18. The van der Waals surface area contributed by atoms with Crippen LogP contribution in [0.2, 0.25) is 0 Å². The Hall–Kier alpha value is -3.03. The lowest BCUT2D eigenvalue weighted by molar-refractivity contribution is -0.379. The summed E-state index contributed by atoms with van der Waals surface area (Å²) < 4.78 is 34.3. The van der Waals surface area contributed by atoms with E-state index in [9.17, 15) is 61.0 Å². The summed E-state index contributed by atoms with van der Waals surface area (Å²) in [6.45, 7) is 1.58. The topological polar surface area (TPSA) is 307 Å². The van der Waals surface area contributed by atoms with Gasteiger partial charge in [0.2, 0.25) is 5.91 Å². The summed E-state index contributed by atoms with van der Waals surface area (Å²) in [5.74, 6) is -0.300. The van der Waals surface area contributed by atoms with Crippen molar-refractivity contribution in [1.82, 2.24) is 5.32 Å². The summed E-state index contributed by atoms with van der Waals surface area (Å²) in [7, 11) is 0. The fourth-order valence-electron chi connectivity index (χ4n) is 10.6. The largest absolute Gasteiger partial charge is 0.394 e. The summed E-state index contributed by atoms with van der Waals surface area (Å²) in [6, 6.07) is -1.00. The van der Waals surface area contributed by atoms with Crippen LogP contribution in [-0.4, -0.2) is 193 Å². The second-order valence-corrected chi connectivity index (χ2v) is 23.2. The average molecular weight is 1220 g/mol. The van der Waals surface area contributed by atoms with Crippen LogP contribution >= 0.6 is 0 Å². The van der Waals surface area contributed by atoms with Crippen molar-refractivity contribution in [3.63, 3.8) is 0 Å². The zero-order valence-corrected chi connectivity index (χ0v) is 52.0. The Morgan fingerprint density at radius 2 is 0.814 bits per heavy atom. The van der Waals surface area contributed by atoms with Gasteiger partial charge in [-0.15, -0.1) is 0 Å². The molecule has 17 unspecified atom stereocenters. The molecule has 0 aromatic carbocycles. The summed E-state index contributed by atoms with van der Waals surface area (Å²) >= 11 is 0. The fourth-order valence-corrected chi connectivity index (χ4v) is 10.6. The van der Waals surface area contributed by atoms with Crippen molar-refractivity contribution in [2.75, 3.05) is 26.4 Å². The van der Waals surface area contributed by atoms with Gasteiger partial charge in [0, 0.05) is 6.42 Å². The molecular weight excluding hydrogens is 1110 g/mol. The highest BCUT2D eigenvalue weighted by Crippen LogP contribution is 2.33. The van der Waals surface area contributed by atoms with E-state index in [4.69, 9.17) is 28.4 Å². The standard InChI is InChI=1S/C67H115NO18/c1-3-5-7-9-11-13-15-17-19-21-23-24-25-26-27-29-31-33-35-37-39-41-43-45-55(73)68-50(51(72)44-42-40-38-36-34-32-30-28-22-20-18-16-14-12-10-8-6-4-2)49-81-65-61(79)58(76)63(53(47-70)83-65)86-67-62(80)59(77)64(54(48-71)84-67)85-66-60(78)57(75)56(74)52(46-69)82-66/h5,7,11,13,17,19,23-24,26-27,34,36,42,44,50-54,56-67,69-72,74-80H,3-4,6,8-10,12,14-16,18,20-22,25,28-33,35,37-41,43,45-49H2,1-2H3,(H,68,73)/b7-5-,13-11-,19-17-,24-23-,27-26-,36-34+,44-42+. The van der Waals surface area contributed by atoms with Gasteiger partial charge in [-0.1, -0.05) is 202 Å². The molecule has 0 radical (unpaired) electrons. The molecule has 3 aliphatic rings. The van der Waals surface area contributed by atoms with Crippen molar-refractivity contribution in [2.24, 2.45) is 0 Å². The number of nitrogens with one attached hydrogen (secondary N) is 1. The minimum Gasteiger partial charge on any atom is -0.394 e. The molecule has 3 rings (SSSR count). The second kappa shape index (κ2) is 48.8. The molecule has 3 heterocycles. The minimum absolute atomic E-state index is 0.218. The van der Waals surface area contributed by atoms with Gasteiger partial charge in [0.15, 0.2) is 18.9 Å². The van der Waals surface area contributed by atoms with Gasteiger partial charge in [-0.25, -0.2) is 0 Å². The van der Waals surface area contributed by atoms with Gasteiger partial charge in [0.1, 0.15) is 73.2 Å². The summed E-state index contributed by atoms with van der Waals surface area (Å²) in [5, 5.41) is 120. The van der Waals surface area contributed by atoms with Gasteiger partial charge >= 0.3 is 0 Å². The van der Waals surface area contributed by atoms with E-state index in [0.29, 0.717) is 12.8 Å². The second-order valence-electron chi connectivity index (χ2n) is 23.2. The Balaban J connectivity index is 1.48. The van der Waals surface area contributed by atoms with Crippen molar-refractivity contribution >= 4 is 5.91 Å². The van der Waals surface area contributed by atoms with Crippen LogP contribution in [0.15, 0.2) is 85.1 Å². The molecule has 0 aliphatic carbocycles. The van der Waals surface area contributed by atoms with E-state index in [2.05, 4.69) is 92.1 Å². The van der Waals surface area contributed by atoms with Crippen LogP contribution in [0.5, 0.6) is 0 Å². The maximum Gasteiger partial charge on any atom is 0.220 e. The van der Waals surface area contributed by atoms with E-state index >= 15 is 0 Å². The van der Waals surface area contributed by atoms with Gasteiger partial charge in [-0.05, 0) is 77.0 Å². The van der Waals surface area contributed by atoms with Crippen molar-refractivity contribution in [2.45, 2.75) is 304 Å². The molecule has 0 bridgehead atoms. The van der Waals surface area contributed by atoms with Crippen LogP contribution in [0.25, 0.3) is 0 Å². The van der Waals surface area contributed by atoms with Crippen molar-refractivity contribution < 1.29 is 89.4 Å². The van der Waals surface area contributed by atoms with Crippen molar-refractivity contribution in [3.05, 3.63) is 85.1 Å². The van der Waals surface area contributed by atoms with E-state index < -0.39 is 124 Å². The number of ether oxygens (including phenoxy) is 6. The van der Waals surface area contributed by atoms with E-state index in [1.54, 1.807) is 6.08 Å². The molecule has 1 amide bonds. The maximum absolute atomic E-state index is 13.4. The first-order valence-corrected chi connectivity index (χ1v) is 32.8. The number of aliphatic hydroxyl groups excluding tert-OH is 11. The van der Waals surface area contributed by atoms with E-state index in [-0.39, 0.29) is 18.9 Å². The zero-order valence-electron chi connectivity index (χ0n) is 52.0. The summed E-state index contributed by atoms with van der Waals surface area (Å²) in [4.78, 5) is 13.4. The highest BCUT2D eigenvalue weighted by Gasteiger charge is 2.53. The smallest absolute Gasteiger partial charge is 0.220 e. The number of unbranched alkanes of at least 4 members (excludes halogenated alkanes) is 20. The highest BCUT2D eigenvalue weighted by atomic mass is 16.8. The summed E-state index contributed by atoms with van der Waals surface area (Å²) in [5.41, 5.74) is 0. The number of amides is 1. The van der Waals surface area contributed by atoms with Crippen molar-refractivity contribution in [3.8, 4) is 0 Å². The Morgan fingerprint density at radius 1 is 0.430 bits per heavy atom. The van der Waals surface area contributed by atoms with Gasteiger partial charge in [0.25, 0.3) is 0 Å². The molecule has 86 heavy (non-hydrogen) atoms. The van der Waals surface area contributed by atoms with Crippen LogP contribution < -0.4 is 5.32 Å². The first-order valence-electron chi connectivity index (χ1n) is 32.8. The van der Waals surface area contributed by atoms with Crippen LogP contribution in [0.1, 0.15) is 200 Å². The lowest BCUT2D eigenvalue weighted by Gasteiger charge is -2.48. The molecule has 19 nitrogen and oxygen atoms in total. The van der Waals surface area contributed by atoms with E-state index in [1.165, 1.54) is 70.6 Å². The van der Waals surface area contributed by atoms with E-state index in [0.717, 1.165) is 96.3 Å². The first kappa shape index (κ1) is 77.2. The van der Waals surface area contributed by atoms with Crippen LogP contribution in [0, 0.1) is 0 Å². The van der Waals surface area contributed by atoms with Crippen LogP contribution in [0.4, 0.5) is 0 Å². The predicted octanol–water partition coefficient (Wildman–Crippen LogP) is 7.54. The SMILES string of the molecule is CC/C=C\C/C=C\C/C=C\C/C=C\C/C=C\CCCCCCCCCC(=O)NC(COC1OC(CO)C(OC2OC(CO)C(OC3OC(CO)C(O)C(O)C3O)C(O)C2O)C(O)C1O)C(O)/C=C/CC/C=C/CCCCCCCCCCCCCC. The third-order valence-corrected chi connectivity index (χ3v) is 15.9.